The summed E-state index contributed by atoms with van der Waals surface area (Å²) in [4.78, 5) is 24.2. The molecule has 0 radical (unpaired) electrons. The van der Waals surface area contributed by atoms with Crippen LogP contribution >= 0.6 is 11.8 Å². The number of aromatic nitrogens is 1. The third-order valence-electron chi connectivity index (χ3n) is 2.43. The van der Waals surface area contributed by atoms with Crippen molar-refractivity contribution in [3.05, 3.63) is 57.9 Å². The summed E-state index contributed by atoms with van der Waals surface area (Å²) < 4.78 is 26.0. The second-order valence-corrected chi connectivity index (χ2v) is 4.83. The van der Waals surface area contributed by atoms with Crippen LogP contribution in [0, 0.1) is 21.7 Å². The number of nitro groups is 1. The van der Waals surface area contributed by atoms with Gasteiger partial charge in [-0.1, -0.05) is 0 Å². The summed E-state index contributed by atoms with van der Waals surface area (Å²) in [5.41, 5.74) is -0.141. The fourth-order valence-corrected chi connectivity index (χ4v) is 2.27. The Labute approximate surface area is 116 Å². The quantitative estimate of drug-likeness (QED) is 0.398. The van der Waals surface area contributed by atoms with E-state index in [4.69, 9.17) is 0 Å². The Morgan fingerprint density at radius 1 is 1.35 bits per heavy atom. The van der Waals surface area contributed by atoms with Gasteiger partial charge in [0, 0.05) is 17.0 Å². The van der Waals surface area contributed by atoms with Crippen molar-refractivity contribution in [1.29, 1.82) is 0 Å². The van der Waals surface area contributed by atoms with E-state index in [1.807, 2.05) is 0 Å². The maximum atomic E-state index is 13.3. The van der Waals surface area contributed by atoms with Crippen LogP contribution in [-0.2, 0) is 0 Å². The van der Waals surface area contributed by atoms with Gasteiger partial charge in [0.2, 0.25) is 0 Å². The lowest BCUT2D eigenvalue weighted by atomic mass is 10.3. The number of halogens is 2. The SMILES string of the molecule is O=C(CSc1ccc(F)cc1F)c1cc([N+](=O)[O-])c[nH]1. The first kappa shape index (κ1) is 14.2. The van der Waals surface area contributed by atoms with E-state index in [0.29, 0.717) is 0 Å². The van der Waals surface area contributed by atoms with Gasteiger partial charge in [0.05, 0.1) is 22.6 Å². The molecule has 1 N–H and O–H groups in total. The van der Waals surface area contributed by atoms with E-state index in [2.05, 4.69) is 4.98 Å². The molecule has 0 aliphatic rings. The molecule has 5 nitrogen and oxygen atoms in total. The van der Waals surface area contributed by atoms with Crippen molar-refractivity contribution in [2.75, 3.05) is 5.75 Å². The maximum absolute atomic E-state index is 13.3. The molecule has 2 rings (SSSR count). The molecular weight excluding hydrogens is 290 g/mol. The Morgan fingerprint density at radius 2 is 2.10 bits per heavy atom. The molecule has 0 fully saturated rings. The number of hydrogen-bond donors (Lipinski definition) is 1. The van der Waals surface area contributed by atoms with Crippen LogP contribution in [-0.4, -0.2) is 21.4 Å². The molecule has 0 amide bonds. The average molecular weight is 298 g/mol. The lowest BCUT2D eigenvalue weighted by molar-refractivity contribution is -0.384. The van der Waals surface area contributed by atoms with Gasteiger partial charge in [0.25, 0.3) is 5.69 Å². The van der Waals surface area contributed by atoms with Crippen LogP contribution in [0.25, 0.3) is 0 Å². The molecule has 0 unspecified atom stereocenters. The Morgan fingerprint density at radius 3 is 2.70 bits per heavy atom. The standard InChI is InChI=1S/C12H8F2N2O3S/c13-7-1-2-12(9(14)3-7)20-6-11(17)10-4-8(5-15-10)16(18)19/h1-5,15H,6H2. The van der Waals surface area contributed by atoms with Crippen LogP contribution in [0.4, 0.5) is 14.5 Å². The first-order valence-electron chi connectivity index (χ1n) is 5.41. The van der Waals surface area contributed by atoms with Crippen molar-refractivity contribution in [3.63, 3.8) is 0 Å². The summed E-state index contributed by atoms with van der Waals surface area (Å²) in [6.45, 7) is 0. The Bertz CT molecular complexity index is 672. The van der Waals surface area contributed by atoms with Gasteiger partial charge in [-0.05, 0) is 12.1 Å². The molecule has 0 saturated heterocycles. The third kappa shape index (κ3) is 3.21. The molecule has 20 heavy (non-hydrogen) atoms. The molecule has 0 saturated carbocycles. The Kier molecular flexibility index (Phi) is 4.14. The van der Waals surface area contributed by atoms with Gasteiger partial charge < -0.3 is 4.98 Å². The van der Waals surface area contributed by atoms with Crippen molar-refractivity contribution in [2.45, 2.75) is 4.90 Å². The van der Waals surface area contributed by atoms with Gasteiger partial charge >= 0.3 is 0 Å². The second-order valence-electron chi connectivity index (χ2n) is 3.82. The number of Topliss-reactive ketones (excluding diaryl/α,β-unsaturated/α-hetero) is 1. The van der Waals surface area contributed by atoms with E-state index < -0.39 is 22.3 Å². The molecule has 8 heteroatoms. The average Bonchev–Trinajstić information content (AvgIpc) is 2.87. The highest BCUT2D eigenvalue weighted by atomic mass is 32.2. The fourth-order valence-electron chi connectivity index (χ4n) is 1.46. The van der Waals surface area contributed by atoms with Crippen LogP contribution in [0.15, 0.2) is 35.4 Å². The zero-order valence-corrected chi connectivity index (χ0v) is 10.7. The lowest BCUT2D eigenvalue weighted by Crippen LogP contribution is -2.02. The summed E-state index contributed by atoms with van der Waals surface area (Å²) in [6.07, 6.45) is 1.11. The highest BCUT2D eigenvalue weighted by molar-refractivity contribution is 8.00. The monoisotopic (exact) mass is 298 g/mol. The minimum Gasteiger partial charge on any atom is -0.353 e. The number of nitrogens with one attached hydrogen (secondary N) is 1. The van der Waals surface area contributed by atoms with E-state index in [0.717, 1.165) is 36.2 Å². The summed E-state index contributed by atoms with van der Waals surface area (Å²) in [6, 6.07) is 4.17. The number of hydrogen-bond acceptors (Lipinski definition) is 4. The van der Waals surface area contributed by atoms with Crippen molar-refractivity contribution >= 4 is 23.2 Å². The minimum atomic E-state index is -0.750. The number of rotatable bonds is 5. The zero-order valence-electron chi connectivity index (χ0n) is 9.93. The molecular formula is C12H8F2N2O3S. The highest BCUT2D eigenvalue weighted by Gasteiger charge is 2.15. The summed E-state index contributed by atoms with van der Waals surface area (Å²) in [5, 5.41) is 10.5. The van der Waals surface area contributed by atoms with Gasteiger partial charge in [0.1, 0.15) is 11.6 Å². The van der Waals surface area contributed by atoms with E-state index in [1.165, 1.54) is 6.07 Å². The van der Waals surface area contributed by atoms with Crippen molar-refractivity contribution < 1.29 is 18.5 Å². The maximum Gasteiger partial charge on any atom is 0.287 e. The number of carbonyl (C=O) groups is 1. The van der Waals surface area contributed by atoms with Crippen LogP contribution in [0.5, 0.6) is 0 Å². The number of thioether (sulfide) groups is 1. The summed E-state index contributed by atoms with van der Waals surface area (Å²) in [7, 11) is 0. The predicted molar refractivity (Wildman–Crippen MR) is 68.9 cm³/mol. The van der Waals surface area contributed by atoms with Crippen molar-refractivity contribution in [2.24, 2.45) is 0 Å². The van der Waals surface area contributed by atoms with Crippen molar-refractivity contribution in [1.82, 2.24) is 4.98 Å². The van der Waals surface area contributed by atoms with Crippen LogP contribution < -0.4 is 0 Å². The molecule has 1 aromatic carbocycles. The molecule has 2 aromatic rings. The van der Waals surface area contributed by atoms with Crippen LogP contribution in [0.3, 0.4) is 0 Å². The highest BCUT2D eigenvalue weighted by Crippen LogP contribution is 2.23. The number of carbonyl (C=O) groups excluding carboxylic acids is 1. The second kappa shape index (κ2) is 5.83. The minimum absolute atomic E-state index is 0.0757. The smallest absolute Gasteiger partial charge is 0.287 e. The number of nitrogens with zero attached hydrogens (tertiary/aromatic N) is 1. The van der Waals surface area contributed by atoms with Crippen LogP contribution in [0.2, 0.25) is 0 Å². The normalized spacial score (nSPS) is 10.5. The first-order valence-corrected chi connectivity index (χ1v) is 6.40. The summed E-state index contributed by atoms with van der Waals surface area (Å²) in [5.74, 6) is -1.97. The van der Waals surface area contributed by atoms with Gasteiger partial charge in [-0.25, -0.2) is 8.78 Å². The van der Waals surface area contributed by atoms with Gasteiger partial charge in [-0.3, -0.25) is 14.9 Å². The van der Waals surface area contributed by atoms with E-state index in [-0.39, 0.29) is 22.0 Å². The molecule has 0 atom stereocenters. The van der Waals surface area contributed by atoms with E-state index in [9.17, 15) is 23.7 Å². The molecule has 0 aliphatic heterocycles. The number of aromatic amines is 1. The number of H-pyrrole nitrogens is 1. The van der Waals surface area contributed by atoms with E-state index in [1.54, 1.807) is 0 Å². The Hall–Kier alpha value is -2.22. The number of ketones is 1. The lowest BCUT2D eigenvalue weighted by Gasteiger charge is -2.01. The summed E-state index contributed by atoms with van der Waals surface area (Å²) >= 11 is 0.895. The van der Waals surface area contributed by atoms with Gasteiger partial charge in [-0.15, -0.1) is 11.8 Å². The topological polar surface area (TPSA) is 76.0 Å². The van der Waals surface area contributed by atoms with Gasteiger partial charge in [0.15, 0.2) is 5.78 Å². The molecule has 0 aliphatic carbocycles. The molecule has 1 aromatic heterocycles. The molecule has 0 bridgehead atoms. The first-order chi connectivity index (χ1) is 9.47. The number of benzene rings is 1. The van der Waals surface area contributed by atoms with E-state index >= 15 is 0 Å². The molecule has 1 heterocycles. The van der Waals surface area contributed by atoms with Crippen LogP contribution in [0.1, 0.15) is 10.5 Å². The van der Waals surface area contributed by atoms with Gasteiger partial charge in [-0.2, -0.15) is 0 Å². The fraction of sp³-hybridized carbons (Fsp3) is 0.0833. The Balaban J connectivity index is 2.02. The largest absolute Gasteiger partial charge is 0.353 e. The van der Waals surface area contributed by atoms with Crippen molar-refractivity contribution in [3.8, 4) is 0 Å². The molecule has 104 valence electrons. The zero-order chi connectivity index (χ0) is 14.7. The third-order valence-corrected chi connectivity index (χ3v) is 3.48. The predicted octanol–water partition coefficient (Wildman–Crippen LogP) is 3.18. The molecule has 0 spiro atoms.